The van der Waals surface area contributed by atoms with Gasteiger partial charge in [0.15, 0.2) is 0 Å². The number of anilines is 1. The third-order valence-electron chi connectivity index (χ3n) is 3.12. The van der Waals surface area contributed by atoms with Gasteiger partial charge in [-0.05, 0) is 18.4 Å². The van der Waals surface area contributed by atoms with E-state index in [9.17, 15) is 4.79 Å². The molecule has 0 spiro atoms. The smallest absolute Gasteiger partial charge is 0.253 e. The fourth-order valence-electron chi connectivity index (χ4n) is 1.87. The Kier molecular flexibility index (Phi) is 3.52. The Morgan fingerprint density at radius 2 is 2.41 bits per heavy atom. The maximum atomic E-state index is 12.0. The second-order valence-corrected chi connectivity index (χ2v) is 4.69. The van der Waals surface area contributed by atoms with Crippen LogP contribution in [0.2, 0.25) is 5.02 Å². The van der Waals surface area contributed by atoms with E-state index in [-0.39, 0.29) is 5.91 Å². The first-order valence-corrected chi connectivity index (χ1v) is 6.17. The summed E-state index contributed by atoms with van der Waals surface area (Å²) in [5.41, 5.74) is 0.479. The molecule has 1 aromatic heterocycles. The van der Waals surface area contributed by atoms with Crippen molar-refractivity contribution in [3.05, 3.63) is 22.8 Å². The highest BCUT2D eigenvalue weighted by Gasteiger charge is 2.36. The number of pyridine rings is 1. The first-order chi connectivity index (χ1) is 8.15. The summed E-state index contributed by atoms with van der Waals surface area (Å²) in [4.78, 5) is 16.0. The predicted octanol–water partition coefficient (Wildman–Crippen LogP) is 2.31. The molecule has 1 fully saturated rings. The predicted molar refractivity (Wildman–Crippen MR) is 68.4 cm³/mol. The van der Waals surface area contributed by atoms with Crippen LogP contribution in [0.15, 0.2) is 12.3 Å². The van der Waals surface area contributed by atoms with Gasteiger partial charge in [-0.1, -0.05) is 24.9 Å². The molecule has 0 radical (unpaired) electrons. The molecule has 0 bridgehead atoms. The average Bonchev–Trinajstić information content (AvgIpc) is 3.08. The van der Waals surface area contributed by atoms with Gasteiger partial charge in [0.1, 0.15) is 5.82 Å². The molecule has 1 heterocycles. The van der Waals surface area contributed by atoms with E-state index >= 15 is 0 Å². The van der Waals surface area contributed by atoms with Crippen LogP contribution < -0.4 is 10.6 Å². The molecule has 1 saturated carbocycles. The summed E-state index contributed by atoms with van der Waals surface area (Å²) >= 11 is 5.97. The zero-order valence-corrected chi connectivity index (χ0v) is 10.7. The Labute approximate surface area is 106 Å². The molecule has 4 nitrogen and oxygen atoms in total. The number of hydrogen-bond acceptors (Lipinski definition) is 3. The minimum absolute atomic E-state index is 0.116. The zero-order chi connectivity index (χ0) is 12.4. The molecule has 1 aromatic rings. The third kappa shape index (κ3) is 2.69. The van der Waals surface area contributed by atoms with E-state index in [0.717, 1.165) is 12.8 Å². The lowest BCUT2D eigenvalue weighted by molar-refractivity contribution is 0.0949. The summed E-state index contributed by atoms with van der Waals surface area (Å²) in [5, 5.41) is 6.26. The SMILES string of the molecule is CCC1CC1NC(=O)c1cc(NC)ncc1Cl. The van der Waals surface area contributed by atoms with E-state index in [4.69, 9.17) is 11.6 Å². The summed E-state index contributed by atoms with van der Waals surface area (Å²) in [7, 11) is 1.76. The van der Waals surface area contributed by atoms with Crippen molar-refractivity contribution in [2.75, 3.05) is 12.4 Å². The number of nitrogens with one attached hydrogen (secondary N) is 2. The van der Waals surface area contributed by atoms with Gasteiger partial charge in [0, 0.05) is 19.3 Å². The van der Waals surface area contributed by atoms with Crippen molar-refractivity contribution >= 4 is 23.3 Å². The van der Waals surface area contributed by atoms with E-state index < -0.39 is 0 Å². The van der Waals surface area contributed by atoms with E-state index in [1.807, 2.05) is 0 Å². The minimum Gasteiger partial charge on any atom is -0.373 e. The Bertz CT molecular complexity index is 436. The van der Waals surface area contributed by atoms with Crippen molar-refractivity contribution in [3.8, 4) is 0 Å². The molecule has 1 amide bonds. The van der Waals surface area contributed by atoms with Gasteiger partial charge in [-0.3, -0.25) is 4.79 Å². The molecule has 2 N–H and O–H groups in total. The Morgan fingerprint density at radius 1 is 1.65 bits per heavy atom. The van der Waals surface area contributed by atoms with E-state index in [1.165, 1.54) is 6.20 Å². The van der Waals surface area contributed by atoms with Crippen molar-refractivity contribution in [1.82, 2.24) is 10.3 Å². The molecule has 2 unspecified atom stereocenters. The third-order valence-corrected chi connectivity index (χ3v) is 3.42. The average molecular weight is 254 g/mol. The maximum Gasteiger partial charge on any atom is 0.253 e. The van der Waals surface area contributed by atoms with Gasteiger partial charge in [-0.15, -0.1) is 0 Å². The lowest BCUT2D eigenvalue weighted by atomic mass is 10.2. The molecule has 92 valence electrons. The molecule has 2 atom stereocenters. The Hall–Kier alpha value is -1.29. The molecule has 17 heavy (non-hydrogen) atoms. The first-order valence-electron chi connectivity index (χ1n) is 5.79. The van der Waals surface area contributed by atoms with E-state index in [2.05, 4.69) is 22.5 Å². The van der Waals surface area contributed by atoms with Crippen molar-refractivity contribution in [2.24, 2.45) is 5.92 Å². The summed E-state index contributed by atoms with van der Waals surface area (Å²) in [6, 6.07) is 1.98. The monoisotopic (exact) mass is 253 g/mol. The van der Waals surface area contributed by atoms with Crippen molar-refractivity contribution in [1.29, 1.82) is 0 Å². The van der Waals surface area contributed by atoms with Crippen molar-refractivity contribution in [3.63, 3.8) is 0 Å². The lowest BCUT2D eigenvalue weighted by Crippen LogP contribution is -2.27. The summed E-state index contributed by atoms with van der Waals surface area (Å²) in [6.07, 6.45) is 3.67. The number of amides is 1. The van der Waals surface area contributed by atoms with Crippen LogP contribution in [0.1, 0.15) is 30.1 Å². The largest absolute Gasteiger partial charge is 0.373 e. The number of aromatic nitrogens is 1. The maximum absolute atomic E-state index is 12.0. The molecule has 1 aliphatic rings. The molecule has 1 aliphatic carbocycles. The minimum atomic E-state index is -0.116. The highest BCUT2D eigenvalue weighted by atomic mass is 35.5. The van der Waals surface area contributed by atoms with Crippen molar-refractivity contribution < 1.29 is 4.79 Å². The zero-order valence-electron chi connectivity index (χ0n) is 9.96. The number of nitrogens with zero attached hydrogens (tertiary/aromatic N) is 1. The summed E-state index contributed by atoms with van der Waals surface area (Å²) in [6.45, 7) is 2.13. The topological polar surface area (TPSA) is 54.0 Å². The van der Waals surface area contributed by atoms with Crippen LogP contribution >= 0.6 is 11.6 Å². The van der Waals surface area contributed by atoms with Gasteiger partial charge in [0.2, 0.25) is 0 Å². The quantitative estimate of drug-likeness (QED) is 0.866. The summed E-state index contributed by atoms with van der Waals surface area (Å²) < 4.78 is 0. The molecular formula is C12H16ClN3O. The van der Waals surface area contributed by atoms with E-state index in [1.54, 1.807) is 13.1 Å². The molecule has 0 aliphatic heterocycles. The molecule has 0 saturated heterocycles. The van der Waals surface area contributed by atoms with Crippen LogP contribution in [0.25, 0.3) is 0 Å². The molecule has 2 rings (SSSR count). The second kappa shape index (κ2) is 4.92. The highest BCUT2D eigenvalue weighted by Crippen LogP contribution is 2.33. The fraction of sp³-hybridized carbons (Fsp3) is 0.500. The molecule has 5 heteroatoms. The van der Waals surface area contributed by atoms with Gasteiger partial charge in [-0.2, -0.15) is 0 Å². The van der Waals surface area contributed by atoms with Crippen LogP contribution in [0.5, 0.6) is 0 Å². The van der Waals surface area contributed by atoms with Crippen LogP contribution in [-0.4, -0.2) is 24.0 Å². The number of carbonyl (C=O) groups is 1. The van der Waals surface area contributed by atoms with Gasteiger partial charge in [0.25, 0.3) is 5.91 Å². The standard InChI is InChI=1S/C12H16ClN3O/c1-3-7-4-10(7)16-12(17)8-5-11(14-2)15-6-9(8)13/h5-7,10H,3-4H2,1-2H3,(H,14,15)(H,16,17). The first kappa shape index (κ1) is 12.2. The molecular weight excluding hydrogens is 238 g/mol. The summed E-state index contributed by atoms with van der Waals surface area (Å²) in [5.74, 6) is 1.15. The lowest BCUT2D eigenvalue weighted by Gasteiger charge is -2.07. The van der Waals surface area contributed by atoms with Crippen LogP contribution in [0, 0.1) is 5.92 Å². The normalized spacial score (nSPS) is 22.1. The number of halogens is 1. The number of hydrogen-bond donors (Lipinski definition) is 2. The van der Waals surface area contributed by atoms with Crippen LogP contribution in [0.4, 0.5) is 5.82 Å². The van der Waals surface area contributed by atoms with Crippen molar-refractivity contribution in [2.45, 2.75) is 25.8 Å². The fourth-order valence-corrected chi connectivity index (χ4v) is 2.06. The molecule has 0 aromatic carbocycles. The van der Waals surface area contributed by atoms with Gasteiger partial charge < -0.3 is 10.6 Å². The second-order valence-electron chi connectivity index (χ2n) is 4.28. The number of carbonyl (C=O) groups excluding carboxylic acids is 1. The Morgan fingerprint density at radius 3 is 3.00 bits per heavy atom. The van der Waals surface area contributed by atoms with Gasteiger partial charge in [-0.25, -0.2) is 4.98 Å². The van der Waals surface area contributed by atoms with Crippen LogP contribution in [-0.2, 0) is 0 Å². The Balaban J connectivity index is 2.08. The highest BCUT2D eigenvalue weighted by molar-refractivity contribution is 6.33. The number of rotatable bonds is 4. The van der Waals surface area contributed by atoms with Crippen LogP contribution in [0.3, 0.4) is 0 Å². The van der Waals surface area contributed by atoms with Gasteiger partial charge in [0.05, 0.1) is 10.6 Å². The van der Waals surface area contributed by atoms with Gasteiger partial charge >= 0.3 is 0 Å². The van der Waals surface area contributed by atoms with E-state index in [0.29, 0.717) is 28.4 Å².